The van der Waals surface area contributed by atoms with Gasteiger partial charge < -0.3 is 24.0 Å². The van der Waals surface area contributed by atoms with Crippen LogP contribution in [0, 0.1) is 44.9 Å². The second kappa shape index (κ2) is 10.5. The molecular weight excluding hydrogens is 532 g/mol. The molecule has 0 aliphatic heterocycles. The Hall–Kier alpha value is -4.81. The first-order valence-electron chi connectivity index (χ1n) is 11.3. The highest BCUT2D eigenvalue weighted by Gasteiger charge is 2.37. The first-order valence-corrected chi connectivity index (χ1v) is 12.7. The van der Waals surface area contributed by atoms with Gasteiger partial charge in [-0.25, -0.2) is 8.42 Å². The van der Waals surface area contributed by atoms with Crippen LogP contribution in [0.1, 0.15) is 45.0 Å². The topological polar surface area (TPSA) is 206 Å². The number of aliphatic hydroxyl groups is 1. The largest absolute Gasteiger partial charge is 0.386 e. The first-order chi connectivity index (χ1) is 18.5. The predicted octanol–water partition coefficient (Wildman–Crippen LogP) is 2.73. The fraction of sp³-hybridized carbons (Fsp3) is 0.250. The Bertz CT molecular complexity index is 1660. The number of sulfonamides is 1. The van der Waals surface area contributed by atoms with E-state index < -0.39 is 33.9 Å². The minimum absolute atomic E-state index is 0.0622. The van der Waals surface area contributed by atoms with Crippen LogP contribution >= 0.6 is 0 Å². The Morgan fingerprint density at radius 3 is 2.15 bits per heavy atom. The summed E-state index contributed by atoms with van der Waals surface area (Å²) in [6, 6.07) is 6.64. The second-order valence-electron chi connectivity index (χ2n) is 8.45. The molecule has 0 aliphatic rings. The third-order valence-corrected chi connectivity index (χ3v) is 7.57. The summed E-state index contributed by atoms with van der Waals surface area (Å²) >= 11 is 0. The maximum atomic E-state index is 13.7. The van der Waals surface area contributed by atoms with Gasteiger partial charge in [-0.05, 0) is 52.0 Å². The number of nitriles is 1. The molecule has 39 heavy (non-hydrogen) atoms. The number of aryl methyl sites for hydroxylation is 4. The van der Waals surface area contributed by atoms with Crippen molar-refractivity contribution in [3.8, 4) is 6.07 Å². The molecule has 1 aromatic carbocycles. The van der Waals surface area contributed by atoms with E-state index in [9.17, 15) is 28.4 Å². The van der Waals surface area contributed by atoms with Gasteiger partial charge in [0.2, 0.25) is 5.91 Å². The first kappa shape index (κ1) is 27.2. The zero-order chi connectivity index (χ0) is 28.5. The number of nitrogens with zero attached hydrogens (tertiary/aromatic N) is 5. The third kappa shape index (κ3) is 5.02. The molecule has 0 bridgehead atoms. The molecule has 2 unspecified atom stereocenters. The average molecular weight is 555 g/mol. The summed E-state index contributed by atoms with van der Waals surface area (Å²) in [7, 11) is -4.53. The molecule has 2 N–H and O–H groups in total. The molecule has 4 aromatic rings. The Morgan fingerprint density at radius 2 is 1.64 bits per heavy atom. The monoisotopic (exact) mass is 554 g/mol. The quantitative estimate of drug-likeness (QED) is 0.322. The van der Waals surface area contributed by atoms with E-state index in [1.165, 1.54) is 58.2 Å². The highest BCUT2D eigenvalue weighted by atomic mass is 32.2. The van der Waals surface area contributed by atoms with Crippen molar-refractivity contribution in [1.82, 2.24) is 15.5 Å². The zero-order valence-electron chi connectivity index (χ0n) is 21.1. The Kier molecular flexibility index (Phi) is 7.34. The van der Waals surface area contributed by atoms with Gasteiger partial charge >= 0.3 is 0 Å². The molecule has 14 nitrogen and oxygen atoms in total. The molecule has 0 spiro atoms. The highest BCUT2D eigenvalue weighted by Crippen LogP contribution is 2.33. The molecular formula is C24H22N6O8S. The SMILES string of the molecule is Cc1noc(C)c1N(C(=O)c1cnoc1C)S(=O)(=O)c1ccc(NC(=O)C(C#N)C(O)c2cnoc2C)cc1. The summed E-state index contributed by atoms with van der Waals surface area (Å²) in [5.41, 5.74) is 0.342. The minimum Gasteiger partial charge on any atom is -0.386 e. The van der Waals surface area contributed by atoms with Crippen molar-refractivity contribution >= 4 is 33.2 Å². The Labute approximate surface area is 221 Å². The summed E-state index contributed by atoms with van der Waals surface area (Å²) in [4.78, 5) is 25.8. The molecule has 0 fully saturated rings. The number of rotatable bonds is 8. The number of amides is 2. The molecule has 15 heteroatoms. The number of benzene rings is 1. The van der Waals surface area contributed by atoms with E-state index in [1.54, 1.807) is 6.07 Å². The van der Waals surface area contributed by atoms with E-state index in [-0.39, 0.29) is 50.4 Å². The van der Waals surface area contributed by atoms with E-state index in [2.05, 4.69) is 20.8 Å². The molecule has 0 aliphatic carbocycles. The maximum Gasteiger partial charge on any atom is 0.277 e. The van der Waals surface area contributed by atoms with Gasteiger partial charge in [-0.2, -0.15) is 9.57 Å². The summed E-state index contributed by atoms with van der Waals surface area (Å²) in [6.45, 7) is 5.94. The fourth-order valence-corrected chi connectivity index (χ4v) is 5.30. The number of aliphatic hydroxyl groups excluding tert-OH is 1. The number of carbonyl (C=O) groups excluding carboxylic acids is 2. The summed E-state index contributed by atoms with van der Waals surface area (Å²) in [6.07, 6.45) is 0.819. The average Bonchev–Trinajstić information content (AvgIpc) is 3.61. The van der Waals surface area contributed by atoms with Crippen LogP contribution in [0.4, 0.5) is 11.4 Å². The smallest absolute Gasteiger partial charge is 0.277 e. The van der Waals surface area contributed by atoms with Crippen LogP contribution in [-0.4, -0.2) is 40.8 Å². The van der Waals surface area contributed by atoms with E-state index in [4.69, 9.17) is 13.6 Å². The molecule has 3 heterocycles. The van der Waals surface area contributed by atoms with Crippen LogP contribution in [0.2, 0.25) is 0 Å². The molecule has 2 amide bonds. The van der Waals surface area contributed by atoms with Gasteiger partial charge in [0.25, 0.3) is 15.9 Å². The molecule has 3 aromatic heterocycles. The molecule has 0 saturated heterocycles. The lowest BCUT2D eigenvalue weighted by atomic mass is 9.97. The standard InChI is InChI=1S/C24H22N6O8S/c1-12-21(15(4)38-29-12)30(24(33)20-11-27-37-14(20)3)39(34,35)17-7-5-16(6-8-17)28-23(32)18(9-25)22(31)19-10-26-36-13(19)2/h5-8,10-11,18,22,31H,1-4H3,(H,28,32). The lowest BCUT2D eigenvalue weighted by Gasteiger charge is -2.22. The highest BCUT2D eigenvalue weighted by molar-refractivity contribution is 7.93. The van der Waals surface area contributed by atoms with E-state index in [0.29, 0.717) is 4.31 Å². The van der Waals surface area contributed by atoms with Crippen molar-refractivity contribution in [1.29, 1.82) is 5.26 Å². The molecule has 202 valence electrons. The summed E-state index contributed by atoms with van der Waals surface area (Å²) in [5.74, 6) is -2.82. The van der Waals surface area contributed by atoms with Crippen molar-refractivity contribution in [2.45, 2.75) is 38.7 Å². The number of anilines is 2. The summed E-state index contributed by atoms with van der Waals surface area (Å²) < 4.78 is 42.9. The number of hydrogen-bond donors (Lipinski definition) is 2. The normalized spacial score (nSPS) is 12.9. The fourth-order valence-electron chi connectivity index (χ4n) is 3.79. The Balaban J connectivity index is 1.63. The van der Waals surface area contributed by atoms with E-state index in [0.717, 1.165) is 6.20 Å². The number of carbonyl (C=O) groups is 2. The van der Waals surface area contributed by atoms with Gasteiger partial charge in [-0.15, -0.1) is 0 Å². The lowest BCUT2D eigenvalue weighted by molar-refractivity contribution is -0.121. The number of hydrogen-bond acceptors (Lipinski definition) is 12. The second-order valence-corrected chi connectivity index (χ2v) is 10.2. The van der Waals surface area contributed by atoms with Crippen molar-refractivity contribution < 1.29 is 36.7 Å². The van der Waals surface area contributed by atoms with Gasteiger partial charge in [-0.3, -0.25) is 9.59 Å². The molecule has 0 saturated carbocycles. The third-order valence-electron chi connectivity index (χ3n) is 5.87. The van der Waals surface area contributed by atoms with Gasteiger partial charge in [-0.1, -0.05) is 15.5 Å². The van der Waals surface area contributed by atoms with Crippen LogP contribution in [0.15, 0.2) is 55.1 Å². The maximum absolute atomic E-state index is 13.7. The number of nitrogens with one attached hydrogen (secondary N) is 1. The van der Waals surface area contributed by atoms with Crippen LogP contribution < -0.4 is 9.62 Å². The predicted molar refractivity (Wildman–Crippen MR) is 132 cm³/mol. The van der Waals surface area contributed by atoms with E-state index >= 15 is 0 Å². The van der Waals surface area contributed by atoms with Gasteiger partial charge in [0.05, 0.1) is 23.4 Å². The van der Waals surface area contributed by atoms with Crippen LogP contribution in [-0.2, 0) is 14.8 Å². The molecule has 4 rings (SSSR count). The zero-order valence-corrected chi connectivity index (χ0v) is 21.9. The molecule has 2 atom stereocenters. The minimum atomic E-state index is -4.53. The van der Waals surface area contributed by atoms with Crippen molar-refractivity contribution in [3.63, 3.8) is 0 Å². The Morgan fingerprint density at radius 1 is 1.00 bits per heavy atom. The number of aromatic nitrogens is 3. The van der Waals surface area contributed by atoms with Crippen LogP contribution in [0.3, 0.4) is 0 Å². The van der Waals surface area contributed by atoms with Gasteiger partial charge in [0.15, 0.2) is 11.7 Å². The van der Waals surface area contributed by atoms with Crippen LogP contribution in [0.25, 0.3) is 0 Å². The van der Waals surface area contributed by atoms with Gasteiger partial charge in [0, 0.05) is 11.3 Å². The van der Waals surface area contributed by atoms with E-state index in [1.807, 2.05) is 0 Å². The summed E-state index contributed by atoms with van der Waals surface area (Å²) in [5, 5.41) is 33.3. The van der Waals surface area contributed by atoms with Crippen molar-refractivity contribution in [3.05, 3.63) is 70.8 Å². The lowest BCUT2D eigenvalue weighted by Crippen LogP contribution is -2.38. The molecule has 0 radical (unpaired) electrons. The van der Waals surface area contributed by atoms with Crippen molar-refractivity contribution in [2.24, 2.45) is 5.92 Å². The van der Waals surface area contributed by atoms with Gasteiger partial charge in [0.1, 0.15) is 34.6 Å². The van der Waals surface area contributed by atoms with Crippen LogP contribution in [0.5, 0.6) is 0 Å². The van der Waals surface area contributed by atoms with Crippen molar-refractivity contribution in [2.75, 3.05) is 9.62 Å².